The first-order chi connectivity index (χ1) is 10.0. The monoisotopic (exact) mass is 280 g/mol. The topological polar surface area (TPSA) is 92.8 Å². The second-order valence-electron chi connectivity index (χ2n) is 5.12. The number of nitrogens with zero attached hydrogens (tertiary/aromatic N) is 4. The number of rotatable bonds is 2. The molecule has 0 atom stereocenters. The lowest BCUT2D eigenvalue weighted by atomic mass is 10.1. The number of hydrogen-bond acceptors (Lipinski definition) is 5. The number of hydrogen-bond donors (Lipinski definition) is 2. The van der Waals surface area contributed by atoms with Gasteiger partial charge < -0.3 is 10.7 Å². The molecular weight excluding hydrogens is 264 g/mol. The van der Waals surface area contributed by atoms with Crippen LogP contribution in [0.1, 0.15) is 19.4 Å². The van der Waals surface area contributed by atoms with Crippen LogP contribution >= 0.6 is 0 Å². The number of aromatic amines is 1. The van der Waals surface area contributed by atoms with E-state index in [0.717, 1.165) is 39.3 Å². The van der Waals surface area contributed by atoms with E-state index >= 15 is 0 Å². The molecule has 3 N–H and O–H groups in total. The molecule has 0 bridgehead atoms. The lowest BCUT2D eigenvalue weighted by Gasteiger charge is -2.04. The van der Waals surface area contributed by atoms with Crippen LogP contribution in [0.4, 0.5) is 11.8 Å². The number of nitrogens with two attached hydrogens (primary N) is 1. The summed E-state index contributed by atoms with van der Waals surface area (Å²) in [5, 5.41) is 0.924. The van der Waals surface area contributed by atoms with Gasteiger partial charge in [-0.3, -0.25) is 0 Å². The van der Waals surface area contributed by atoms with Crippen LogP contribution < -0.4 is 5.73 Å². The molecule has 0 amide bonds. The number of pyridine rings is 1. The highest BCUT2D eigenvalue weighted by Crippen LogP contribution is 2.29. The molecule has 0 aliphatic heterocycles. The van der Waals surface area contributed by atoms with Gasteiger partial charge in [-0.1, -0.05) is 0 Å². The Morgan fingerprint density at radius 3 is 2.76 bits per heavy atom. The van der Waals surface area contributed by atoms with Gasteiger partial charge in [0.2, 0.25) is 5.95 Å². The quantitative estimate of drug-likeness (QED) is 0.706. The Hall–Kier alpha value is -2.76. The number of aryl methyl sites for hydroxylation is 1. The normalized spacial score (nSPS) is 10.8. The van der Waals surface area contributed by atoms with Crippen LogP contribution in [0.15, 0.2) is 29.6 Å². The van der Waals surface area contributed by atoms with Crippen molar-refractivity contribution in [3.05, 3.63) is 30.2 Å². The highest BCUT2D eigenvalue weighted by Gasteiger charge is 2.10. The van der Waals surface area contributed by atoms with Crippen molar-refractivity contribution in [3.63, 3.8) is 0 Å². The number of fused-ring (bicyclic) bond motifs is 1. The van der Waals surface area contributed by atoms with Crippen molar-refractivity contribution in [2.75, 3.05) is 5.73 Å². The molecule has 0 saturated heterocycles. The predicted octanol–water partition coefficient (Wildman–Crippen LogP) is 3.02. The summed E-state index contributed by atoms with van der Waals surface area (Å²) in [6, 6.07) is 2.06. The predicted molar refractivity (Wildman–Crippen MR) is 84.7 cm³/mol. The molecule has 0 spiro atoms. The molecule has 3 aromatic heterocycles. The molecule has 3 rings (SSSR count). The number of nitrogen functional groups attached to an aromatic ring is 1. The van der Waals surface area contributed by atoms with Gasteiger partial charge in [-0.15, -0.1) is 0 Å². The molecular formula is C15H16N6. The van der Waals surface area contributed by atoms with Gasteiger partial charge in [0.15, 0.2) is 5.82 Å². The van der Waals surface area contributed by atoms with E-state index in [1.807, 2.05) is 33.2 Å². The molecule has 106 valence electrons. The first-order valence-corrected chi connectivity index (χ1v) is 6.63. The number of aliphatic imine (C=N–C) groups is 1. The van der Waals surface area contributed by atoms with E-state index in [4.69, 9.17) is 5.73 Å². The highest BCUT2D eigenvalue weighted by molar-refractivity contribution is 5.93. The second-order valence-corrected chi connectivity index (χ2v) is 5.12. The minimum absolute atomic E-state index is 0.258. The van der Waals surface area contributed by atoms with Crippen LogP contribution in [-0.2, 0) is 0 Å². The average molecular weight is 280 g/mol. The van der Waals surface area contributed by atoms with E-state index in [2.05, 4.69) is 31.0 Å². The van der Waals surface area contributed by atoms with Gasteiger partial charge >= 0.3 is 0 Å². The Morgan fingerprint density at radius 2 is 2.05 bits per heavy atom. The number of anilines is 1. The van der Waals surface area contributed by atoms with Crippen LogP contribution in [0.3, 0.4) is 0 Å². The van der Waals surface area contributed by atoms with E-state index in [-0.39, 0.29) is 5.95 Å². The summed E-state index contributed by atoms with van der Waals surface area (Å²) >= 11 is 0. The third kappa shape index (κ3) is 2.47. The fraction of sp³-hybridized carbons (Fsp3) is 0.200. The van der Waals surface area contributed by atoms with Gasteiger partial charge in [0.1, 0.15) is 5.65 Å². The summed E-state index contributed by atoms with van der Waals surface area (Å²) in [5.74, 6) is 1.01. The second kappa shape index (κ2) is 4.97. The van der Waals surface area contributed by atoms with Crippen LogP contribution in [0.25, 0.3) is 22.2 Å². The summed E-state index contributed by atoms with van der Waals surface area (Å²) in [6.45, 7) is 5.91. The molecule has 6 nitrogen and oxygen atoms in total. The largest absolute Gasteiger partial charge is 0.368 e. The van der Waals surface area contributed by atoms with Crippen molar-refractivity contribution >= 4 is 28.5 Å². The molecule has 21 heavy (non-hydrogen) atoms. The van der Waals surface area contributed by atoms with Crippen molar-refractivity contribution in [2.24, 2.45) is 4.99 Å². The lowest BCUT2D eigenvalue weighted by molar-refractivity contribution is 1.22. The third-order valence-electron chi connectivity index (χ3n) is 3.14. The zero-order valence-corrected chi connectivity index (χ0v) is 12.2. The molecule has 0 aliphatic carbocycles. The summed E-state index contributed by atoms with van der Waals surface area (Å²) in [7, 11) is 0. The van der Waals surface area contributed by atoms with Gasteiger partial charge in [0.25, 0.3) is 0 Å². The van der Waals surface area contributed by atoms with E-state index < -0.39 is 0 Å². The zero-order valence-electron chi connectivity index (χ0n) is 12.2. The lowest BCUT2D eigenvalue weighted by Crippen LogP contribution is -1.93. The van der Waals surface area contributed by atoms with Gasteiger partial charge in [-0.05, 0) is 32.4 Å². The van der Waals surface area contributed by atoms with E-state index in [9.17, 15) is 0 Å². The van der Waals surface area contributed by atoms with Gasteiger partial charge in [0, 0.05) is 40.8 Å². The Kier molecular flexibility index (Phi) is 3.13. The molecule has 0 aliphatic rings. The summed E-state index contributed by atoms with van der Waals surface area (Å²) in [4.78, 5) is 20.2. The Labute approximate surface area is 122 Å². The van der Waals surface area contributed by atoms with E-state index in [1.54, 1.807) is 6.20 Å². The smallest absolute Gasteiger partial charge is 0.221 e. The van der Waals surface area contributed by atoms with Crippen LogP contribution in [-0.4, -0.2) is 25.6 Å². The van der Waals surface area contributed by atoms with Gasteiger partial charge in [0.05, 0.1) is 0 Å². The molecule has 0 radical (unpaired) electrons. The van der Waals surface area contributed by atoms with E-state index in [1.165, 1.54) is 0 Å². The van der Waals surface area contributed by atoms with Crippen LogP contribution in [0, 0.1) is 6.92 Å². The first-order valence-electron chi connectivity index (χ1n) is 6.63. The average Bonchev–Trinajstić information content (AvgIpc) is 2.83. The Balaban J connectivity index is 2.11. The summed E-state index contributed by atoms with van der Waals surface area (Å²) in [6.07, 6.45) is 5.43. The van der Waals surface area contributed by atoms with Crippen molar-refractivity contribution in [1.29, 1.82) is 0 Å². The van der Waals surface area contributed by atoms with Crippen LogP contribution in [0.2, 0.25) is 0 Å². The zero-order chi connectivity index (χ0) is 15.0. The molecule has 0 unspecified atom stereocenters. The number of H-pyrrole nitrogens is 1. The summed E-state index contributed by atoms with van der Waals surface area (Å²) < 4.78 is 0. The van der Waals surface area contributed by atoms with Gasteiger partial charge in [-0.2, -0.15) is 4.98 Å². The molecule has 0 fully saturated rings. The Bertz CT molecular complexity index is 842. The molecule has 0 aromatic carbocycles. The SMILES string of the molecule is CC(C)=Nc1ncc(-c2c[nH]c3nc(N)ncc23)cc1C. The minimum atomic E-state index is 0.258. The number of nitrogens with one attached hydrogen (secondary N) is 1. The van der Waals surface area contributed by atoms with Crippen LogP contribution in [0.5, 0.6) is 0 Å². The van der Waals surface area contributed by atoms with Crippen molar-refractivity contribution in [1.82, 2.24) is 19.9 Å². The Morgan fingerprint density at radius 1 is 1.24 bits per heavy atom. The molecule has 0 saturated carbocycles. The maximum absolute atomic E-state index is 5.59. The van der Waals surface area contributed by atoms with E-state index in [0.29, 0.717) is 0 Å². The molecule has 6 heteroatoms. The molecule has 3 aromatic rings. The first kappa shape index (κ1) is 13.2. The third-order valence-corrected chi connectivity index (χ3v) is 3.14. The standard InChI is InChI=1S/C15H16N6/c1-8(2)20-13-9(3)4-10(5-17-13)11-6-18-14-12(11)7-19-15(16)21-14/h4-7H,1-3H3,(H3,16,18,19,21). The minimum Gasteiger partial charge on any atom is -0.368 e. The van der Waals surface area contributed by atoms with Crippen molar-refractivity contribution < 1.29 is 0 Å². The highest BCUT2D eigenvalue weighted by atomic mass is 15.0. The fourth-order valence-corrected chi connectivity index (χ4v) is 2.20. The summed E-state index contributed by atoms with van der Waals surface area (Å²) in [5.41, 5.74) is 10.3. The number of aromatic nitrogens is 4. The van der Waals surface area contributed by atoms with Gasteiger partial charge in [-0.25, -0.2) is 15.0 Å². The maximum Gasteiger partial charge on any atom is 0.221 e. The van der Waals surface area contributed by atoms with Crippen molar-refractivity contribution in [2.45, 2.75) is 20.8 Å². The molecule has 3 heterocycles. The van der Waals surface area contributed by atoms with Crippen molar-refractivity contribution in [3.8, 4) is 11.1 Å². The maximum atomic E-state index is 5.59. The fourth-order valence-electron chi connectivity index (χ4n) is 2.20.